The normalized spacial score (nSPS) is 11.4. The van der Waals surface area contributed by atoms with Crippen molar-refractivity contribution in [2.24, 2.45) is 5.41 Å². The molecular weight excluding hydrogens is 270 g/mol. The molecule has 0 aliphatic rings. The highest BCUT2D eigenvalue weighted by molar-refractivity contribution is 6.29. The van der Waals surface area contributed by atoms with E-state index >= 15 is 0 Å². The van der Waals surface area contributed by atoms with Crippen molar-refractivity contribution >= 4 is 11.6 Å². The van der Waals surface area contributed by atoms with E-state index < -0.39 is 0 Å². The number of rotatable bonds is 3. The second kappa shape index (κ2) is 5.84. The van der Waals surface area contributed by atoms with Gasteiger partial charge in [-0.25, -0.2) is 4.98 Å². The van der Waals surface area contributed by atoms with Crippen LogP contribution in [0.4, 0.5) is 0 Å². The minimum absolute atomic E-state index is 0.291. The maximum Gasteiger partial charge on any atom is 0.148 e. The molecule has 0 saturated heterocycles. The van der Waals surface area contributed by atoms with Crippen molar-refractivity contribution in [3.8, 4) is 11.5 Å². The summed E-state index contributed by atoms with van der Waals surface area (Å²) < 4.78 is 5.83. The van der Waals surface area contributed by atoms with Crippen molar-refractivity contribution in [2.75, 3.05) is 0 Å². The Morgan fingerprint density at radius 1 is 1.15 bits per heavy atom. The fourth-order valence-electron chi connectivity index (χ4n) is 2.03. The molecule has 0 N–H and O–H groups in total. The van der Waals surface area contributed by atoms with Crippen LogP contribution in [0.2, 0.25) is 5.15 Å². The lowest BCUT2D eigenvalue weighted by Crippen LogP contribution is -2.08. The molecular formula is C17H20ClNO. The minimum atomic E-state index is 0.291. The van der Waals surface area contributed by atoms with Crippen LogP contribution in [-0.2, 0) is 6.42 Å². The molecule has 1 heterocycles. The van der Waals surface area contributed by atoms with E-state index in [1.54, 1.807) is 12.3 Å². The first kappa shape index (κ1) is 14.9. The largest absolute Gasteiger partial charge is 0.455 e. The number of hydrogen-bond acceptors (Lipinski definition) is 2. The van der Waals surface area contributed by atoms with Gasteiger partial charge >= 0.3 is 0 Å². The Balaban J connectivity index is 2.11. The van der Waals surface area contributed by atoms with Crippen molar-refractivity contribution in [1.82, 2.24) is 4.98 Å². The van der Waals surface area contributed by atoms with Gasteiger partial charge in [-0.1, -0.05) is 44.5 Å². The molecule has 0 amide bonds. The molecule has 0 aliphatic heterocycles. The van der Waals surface area contributed by atoms with E-state index in [9.17, 15) is 0 Å². The summed E-state index contributed by atoms with van der Waals surface area (Å²) in [7, 11) is 0. The van der Waals surface area contributed by atoms with Crippen LogP contribution in [0.5, 0.6) is 11.5 Å². The molecule has 0 atom stereocenters. The van der Waals surface area contributed by atoms with Gasteiger partial charge in [-0.3, -0.25) is 0 Å². The summed E-state index contributed by atoms with van der Waals surface area (Å²) in [5, 5.41) is 0.482. The zero-order chi connectivity index (χ0) is 14.8. The Kier molecular flexibility index (Phi) is 4.34. The molecule has 0 radical (unpaired) electrons. The number of benzene rings is 1. The summed E-state index contributed by atoms with van der Waals surface area (Å²) in [6, 6.07) is 10.0. The van der Waals surface area contributed by atoms with Crippen molar-refractivity contribution in [1.29, 1.82) is 0 Å². The van der Waals surface area contributed by atoms with E-state index in [0.717, 1.165) is 23.5 Å². The first-order valence-corrected chi connectivity index (χ1v) is 7.10. The fourth-order valence-corrected chi connectivity index (χ4v) is 2.24. The van der Waals surface area contributed by atoms with Crippen molar-refractivity contribution < 1.29 is 4.74 Å². The van der Waals surface area contributed by atoms with Crippen molar-refractivity contribution in [3.05, 3.63) is 52.8 Å². The molecule has 2 aromatic rings. The maximum atomic E-state index is 5.84. The van der Waals surface area contributed by atoms with Crippen LogP contribution in [0.3, 0.4) is 0 Å². The molecule has 0 spiro atoms. The Morgan fingerprint density at radius 2 is 1.80 bits per heavy atom. The molecule has 1 aromatic carbocycles. The van der Waals surface area contributed by atoms with E-state index in [0.29, 0.717) is 10.6 Å². The van der Waals surface area contributed by atoms with E-state index in [-0.39, 0.29) is 0 Å². The summed E-state index contributed by atoms with van der Waals surface area (Å²) in [6.07, 6.45) is 2.70. The molecule has 20 heavy (non-hydrogen) atoms. The monoisotopic (exact) mass is 289 g/mol. The standard InChI is InChI=1S/C17H20ClNO/c1-12-9-16(18)19-11-15(12)20-14-7-5-13(6-8-14)10-17(2,3)4/h5-9,11H,10H2,1-4H3. The number of hydrogen-bond donors (Lipinski definition) is 0. The highest BCUT2D eigenvalue weighted by Crippen LogP contribution is 2.27. The van der Waals surface area contributed by atoms with Crippen LogP contribution in [-0.4, -0.2) is 4.98 Å². The van der Waals surface area contributed by atoms with Gasteiger partial charge in [0.2, 0.25) is 0 Å². The third-order valence-electron chi connectivity index (χ3n) is 2.92. The Labute approximate surface area is 125 Å². The molecule has 0 bridgehead atoms. The first-order valence-electron chi connectivity index (χ1n) is 6.72. The zero-order valence-electron chi connectivity index (χ0n) is 12.4. The minimum Gasteiger partial charge on any atom is -0.455 e. The molecule has 2 nitrogen and oxygen atoms in total. The second-order valence-corrected chi connectivity index (χ2v) is 6.64. The average Bonchev–Trinajstić information content (AvgIpc) is 2.33. The van der Waals surface area contributed by atoms with Gasteiger partial charge in [0.25, 0.3) is 0 Å². The molecule has 0 fully saturated rings. The maximum absolute atomic E-state index is 5.84. The van der Waals surface area contributed by atoms with Gasteiger partial charge in [0.15, 0.2) is 0 Å². The van der Waals surface area contributed by atoms with E-state index in [1.807, 2.05) is 19.1 Å². The summed E-state index contributed by atoms with van der Waals surface area (Å²) in [6.45, 7) is 8.66. The quantitative estimate of drug-likeness (QED) is 0.703. The van der Waals surface area contributed by atoms with Gasteiger partial charge in [0.1, 0.15) is 16.7 Å². The van der Waals surface area contributed by atoms with Gasteiger partial charge < -0.3 is 4.74 Å². The van der Waals surface area contributed by atoms with Gasteiger partial charge in [-0.05, 0) is 48.1 Å². The van der Waals surface area contributed by atoms with Gasteiger partial charge in [-0.2, -0.15) is 0 Å². The third kappa shape index (κ3) is 4.24. The number of halogens is 1. The summed E-state index contributed by atoms with van der Waals surface area (Å²) in [5.74, 6) is 1.55. The zero-order valence-corrected chi connectivity index (χ0v) is 13.2. The van der Waals surface area contributed by atoms with Crippen LogP contribution < -0.4 is 4.74 Å². The molecule has 2 rings (SSSR count). The highest BCUT2D eigenvalue weighted by atomic mass is 35.5. The van der Waals surface area contributed by atoms with Gasteiger partial charge in [0.05, 0.1) is 6.20 Å². The fraction of sp³-hybridized carbons (Fsp3) is 0.353. The van der Waals surface area contributed by atoms with E-state index in [4.69, 9.17) is 16.3 Å². The number of aromatic nitrogens is 1. The number of ether oxygens (including phenoxy) is 1. The lowest BCUT2D eigenvalue weighted by Gasteiger charge is -2.18. The SMILES string of the molecule is Cc1cc(Cl)ncc1Oc1ccc(CC(C)(C)C)cc1. The molecule has 0 aliphatic carbocycles. The number of pyridine rings is 1. The number of aryl methyl sites for hydroxylation is 1. The van der Waals surface area contributed by atoms with Crippen molar-refractivity contribution in [3.63, 3.8) is 0 Å². The molecule has 0 unspecified atom stereocenters. The smallest absolute Gasteiger partial charge is 0.148 e. The van der Waals surface area contributed by atoms with Crippen LogP contribution in [0.1, 0.15) is 31.9 Å². The van der Waals surface area contributed by atoms with Crippen LogP contribution >= 0.6 is 11.6 Å². The number of nitrogens with zero attached hydrogens (tertiary/aromatic N) is 1. The van der Waals surface area contributed by atoms with Crippen LogP contribution in [0, 0.1) is 12.3 Å². The topological polar surface area (TPSA) is 22.1 Å². The summed E-state index contributed by atoms with van der Waals surface area (Å²) in [5.41, 5.74) is 2.58. The Bertz CT molecular complexity index is 585. The van der Waals surface area contributed by atoms with Crippen LogP contribution in [0.15, 0.2) is 36.5 Å². The molecule has 106 valence electrons. The summed E-state index contributed by atoms with van der Waals surface area (Å²) in [4.78, 5) is 4.04. The lowest BCUT2D eigenvalue weighted by molar-refractivity contribution is 0.410. The highest BCUT2D eigenvalue weighted by Gasteiger charge is 2.11. The Hall–Kier alpha value is -1.54. The molecule has 0 saturated carbocycles. The molecule has 1 aromatic heterocycles. The molecule has 3 heteroatoms. The predicted octanol–water partition coefficient (Wildman–Crippen LogP) is 5.42. The third-order valence-corrected chi connectivity index (χ3v) is 3.12. The van der Waals surface area contributed by atoms with E-state index in [1.165, 1.54) is 5.56 Å². The van der Waals surface area contributed by atoms with Gasteiger partial charge in [0, 0.05) is 0 Å². The van der Waals surface area contributed by atoms with Crippen molar-refractivity contribution in [2.45, 2.75) is 34.1 Å². The second-order valence-electron chi connectivity index (χ2n) is 6.26. The summed E-state index contributed by atoms with van der Waals surface area (Å²) >= 11 is 5.84. The Morgan fingerprint density at radius 3 is 2.35 bits per heavy atom. The first-order chi connectivity index (χ1) is 9.33. The van der Waals surface area contributed by atoms with Crippen LogP contribution in [0.25, 0.3) is 0 Å². The predicted molar refractivity (Wildman–Crippen MR) is 83.7 cm³/mol. The average molecular weight is 290 g/mol. The van der Waals surface area contributed by atoms with Gasteiger partial charge in [-0.15, -0.1) is 0 Å². The van der Waals surface area contributed by atoms with E-state index in [2.05, 4.69) is 37.9 Å². The lowest BCUT2D eigenvalue weighted by atomic mass is 9.88.